The highest BCUT2D eigenvalue weighted by molar-refractivity contribution is 5.94. The molecule has 1 amide bonds. The molecular weight excluding hydrogens is 206 g/mol. The van der Waals surface area contributed by atoms with Crippen molar-refractivity contribution in [3.8, 4) is 0 Å². The molecular formula is C11H17N3O2. The first kappa shape index (κ1) is 12.4. The van der Waals surface area contributed by atoms with Crippen LogP contribution in [0.4, 0.5) is 0 Å². The Kier molecular flexibility index (Phi) is 4.25. The summed E-state index contributed by atoms with van der Waals surface area (Å²) in [5.41, 5.74) is 5.56. The first-order chi connectivity index (χ1) is 7.56. The van der Waals surface area contributed by atoms with E-state index in [0.29, 0.717) is 12.1 Å². The van der Waals surface area contributed by atoms with E-state index in [4.69, 9.17) is 5.73 Å². The van der Waals surface area contributed by atoms with Crippen LogP contribution < -0.4 is 11.3 Å². The van der Waals surface area contributed by atoms with Crippen LogP contribution in [0.25, 0.3) is 0 Å². The molecule has 1 rings (SSSR count). The monoisotopic (exact) mass is 223 g/mol. The summed E-state index contributed by atoms with van der Waals surface area (Å²) in [5.74, 6) is -0.160. The third-order valence-electron chi connectivity index (χ3n) is 2.59. The number of pyridine rings is 1. The second-order valence-electron chi connectivity index (χ2n) is 3.78. The highest BCUT2D eigenvalue weighted by Crippen LogP contribution is 2.06. The fourth-order valence-corrected chi connectivity index (χ4v) is 1.42. The highest BCUT2D eigenvalue weighted by atomic mass is 16.2. The van der Waals surface area contributed by atoms with E-state index in [-0.39, 0.29) is 17.5 Å². The molecule has 0 radical (unpaired) electrons. The minimum Gasteiger partial charge on any atom is -0.339 e. The number of aromatic nitrogens is 1. The van der Waals surface area contributed by atoms with Crippen molar-refractivity contribution < 1.29 is 4.79 Å². The van der Waals surface area contributed by atoms with Crippen molar-refractivity contribution in [2.45, 2.75) is 19.4 Å². The van der Waals surface area contributed by atoms with Crippen molar-refractivity contribution >= 4 is 5.91 Å². The smallest absolute Gasteiger partial charge is 0.254 e. The molecule has 0 spiro atoms. The number of hydrogen-bond acceptors (Lipinski definition) is 3. The average molecular weight is 223 g/mol. The molecule has 0 bridgehead atoms. The number of H-pyrrole nitrogens is 1. The van der Waals surface area contributed by atoms with Crippen molar-refractivity contribution in [1.82, 2.24) is 9.88 Å². The largest absolute Gasteiger partial charge is 0.339 e. The molecule has 5 heteroatoms. The summed E-state index contributed by atoms with van der Waals surface area (Å²) in [6, 6.07) is 2.96. The lowest BCUT2D eigenvalue weighted by atomic mass is 10.1. The van der Waals surface area contributed by atoms with Gasteiger partial charge in [-0.3, -0.25) is 9.59 Å². The molecule has 1 aromatic rings. The Morgan fingerprint density at radius 1 is 1.62 bits per heavy atom. The molecule has 1 aromatic heterocycles. The van der Waals surface area contributed by atoms with Gasteiger partial charge in [0.05, 0.1) is 0 Å². The summed E-state index contributed by atoms with van der Waals surface area (Å²) in [4.78, 5) is 27.1. The third kappa shape index (κ3) is 2.93. The van der Waals surface area contributed by atoms with E-state index in [1.54, 1.807) is 18.0 Å². The summed E-state index contributed by atoms with van der Waals surface area (Å²) in [6.07, 6.45) is 2.21. The number of amides is 1. The lowest BCUT2D eigenvalue weighted by Crippen LogP contribution is -2.36. The molecule has 16 heavy (non-hydrogen) atoms. The summed E-state index contributed by atoms with van der Waals surface area (Å²) in [6.45, 7) is 2.46. The van der Waals surface area contributed by atoms with Crippen molar-refractivity contribution in [3.05, 3.63) is 34.2 Å². The predicted molar refractivity (Wildman–Crippen MR) is 62.3 cm³/mol. The van der Waals surface area contributed by atoms with E-state index in [2.05, 4.69) is 4.98 Å². The fourth-order valence-electron chi connectivity index (χ4n) is 1.42. The maximum atomic E-state index is 11.9. The van der Waals surface area contributed by atoms with Crippen LogP contribution in [0.3, 0.4) is 0 Å². The fraction of sp³-hybridized carbons (Fsp3) is 0.455. The Balaban J connectivity index is 2.81. The van der Waals surface area contributed by atoms with Crippen LogP contribution in [-0.4, -0.2) is 35.4 Å². The van der Waals surface area contributed by atoms with Gasteiger partial charge in [-0.25, -0.2) is 0 Å². The number of carbonyl (C=O) groups excluding carboxylic acids is 1. The third-order valence-corrected chi connectivity index (χ3v) is 2.59. The van der Waals surface area contributed by atoms with E-state index < -0.39 is 0 Å². The molecule has 0 aliphatic rings. The summed E-state index contributed by atoms with van der Waals surface area (Å²) < 4.78 is 0. The van der Waals surface area contributed by atoms with E-state index in [9.17, 15) is 9.59 Å². The Morgan fingerprint density at radius 2 is 2.31 bits per heavy atom. The van der Waals surface area contributed by atoms with Crippen molar-refractivity contribution in [3.63, 3.8) is 0 Å². The number of nitrogens with zero attached hydrogens (tertiary/aromatic N) is 1. The van der Waals surface area contributed by atoms with Gasteiger partial charge in [0, 0.05) is 30.9 Å². The molecule has 0 aliphatic carbocycles. The van der Waals surface area contributed by atoms with Gasteiger partial charge in [-0.05, 0) is 26.0 Å². The molecule has 0 fully saturated rings. The summed E-state index contributed by atoms with van der Waals surface area (Å²) in [7, 11) is 1.71. The number of aromatic amines is 1. The zero-order chi connectivity index (χ0) is 12.1. The maximum absolute atomic E-state index is 11.9. The normalized spacial score (nSPS) is 12.2. The molecule has 0 saturated heterocycles. The molecule has 0 aromatic carbocycles. The number of carbonyl (C=O) groups is 1. The number of nitrogens with one attached hydrogen (secondary N) is 1. The van der Waals surface area contributed by atoms with Gasteiger partial charge in [-0.15, -0.1) is 0 Å². The quantitative estimate of drug-likeness (QED) is 0.764. The lowest BCUT2D eigenvalue weighted by molar-refractivity contribution is 0.0739. The van der Waals surface area contributed by atoms with Crippen molar-refractivity contribution in [2.75, 3.05) is 13.6 Å². The summed E-state index contributed by atoms with van der Waals surface area (Å²) in [5, 5.41) is 0. The molecule has 0 saturated carbocycles. The van der Waals surface area contributed by atoms with E-state index in [0.717, 1.165) is 6.42 Å². The zero-order valence-electron chi connectivity index (χ0n) is 9.56. The van der Waals surface area contributed by atoms with Crippen LogP contribution in [0.1, 0.15) is 23.7 Å². The molecule has 0 aliphatic heterocycles. The molecule has 88 valence electrons. The highest BCUT2D eigenvalue weighted by Gasteiger charge is 2.16. The molecule has 1 atom stereocenters. The van der Waals surface area contributed by atoms with Crippen LogP contribution in [0, 0.1) is 0 Å². The summed E-state index contributed by atoms with van der Waals surface area (Å²) >= 11 is 0. The predicted octanol–water partition coefficient (Wildman–Crippen LogP) is 0.184. The first-order valence-electron chi connectivity index (χ1n) is 5.22. The molecule has 1 unspecified atom stereocenters. The van der Waals surface area contributed by atoms with Gasteiger partial charge in [0.1, 0.15) is 0 Å². The molecule has 3 N–H and O–H groups in total. The number of hydrogen-bond donors (Lipinski definition) is 2. The standard InChI is InChI=1S/C11H17N3O2/c1-8(3-5-12)14(2)11(16)9-4-6-13-10(15)7-9/h4,6-8H,3,5,12H2,1-2H3,(H,13,15). The van der Waals surface area contributed by atoms with Gasteiger partial charge in [0.15, 0.2) is 0 Å². The van der Waals surface area contributed by atoms with Gasteiger partial charge in [0.2, 0.25) is 5.56 Å². The second kappa shape index (κ2) is 5.46. The van der Waals surface area contributed by atoms with Gasteiger partial charge < -0.3 is 15.6 Å². The van der Waals surface area contributed by atoms with Crippen LogP contribution in [-0.2, 0) is 0 Å². The number of nitrogens with two attached hydrogens (primary N) is 1. The maximum Gasteiger partial charge on any atom is 0.254 e. The van der Waals surface area contributed by atoms with Gasteiger partial charge in [-0.1, -0.05) is 0 Å². The molecule has 5 nitrogen and oxygen atoms in total. The SMILES string of the molecule is CC(CCN)N(C)C(=O)c1cc[nH]c(=O)c1. The number of rotatable bonds is 4. The Morgan fingerprint density at radius 3 is 2.88 bits per heavy atom. The van der Waals surface area contributed by atoms with Gasteiger partial charge in [-0.2, -0.15) is 0 Å². The Labute approximate surface area is 94.3 Å². The lowest BCUT2D eigenvalue weighted by Gasteiger charge is -2.24. The van der Waals surface area contributed by atoms with E-state index >= 15 is 0 Å². The minimum absolute atomic E-state index is 0.0665. The Hall–Kier alpha value is -1.62. The first-order valence-corrected chi connectivity index (χ1v) is 5.22. The van der Waals surface area contributed by atoms with Crippen LogP contribution in [0.5, 0.6) is 0 Å². The van der Waals surface area contributed by atoms with Crippen LogP contribution >= 0.6 is 0 Å². The minimum atomic E-state index is -0.272. The van der Waals surface area contributed by atoms with Crippen LogP contribution in [0.15, 0.2) is 23.1 Å². The Bertz CT molecular complexity index is 414. The second-order valence-corrected chi connectivity index (χ2v) is 3.78. The van der Waals surface area contributed by atoms with Crippen molar-refractivity contribution in [2.24, 2.45) is 5.73 Å². The van der Waals surface area contributed by atoms with E-state index in [1.165, 1.54) is 12.3 Å². The zero-order valence-corrected chi connectivity index (χ0v) is 9.56. The van der Waals surface area contributed by atoms with Gasteiger partial charge >= 0.3 is 0 Å². The topological polar surface area (TPSA) is 79.2 Å². The van der Waals surface area contributed by atoms with E-state index in [1.807, 2.05) is 6.92 Å². The van der Waals surface area contributed by atoms with Crippen molar-refractivity contribution in [1.29, 1.82) is 0 Å². The molecule has 1 heterocycles. The van der Waals surface area contributed by atoms with Gasteiger partial charge in [0.25, 0.3) is 5.91 Å². The average Bonchev–Trinajstić information content (AvgIpc) is 2.27. The van der Waals surface area contributed by atoms with Crippen LogP contribution in [0.2, 0.25) is 0 Å².